The van der Waals surface area contributed by atoms with Gasteiger partial charge in [0.15, 0.2) is 6.54 Å². The second-order valence-electron chi connectivity index (χ2n) is 6.28. The average molecular weight is 331 g/mol. The third kappa shape index (κ3) is 3.79. The first-order valence-corrected chi connectivity index (χ1v) is 8.23. The number of rotatable bonds is 5. The Morgan fingerprint density at radius 2 is 1.96 bits per heavy atom. The summed E-state index contributed by atoms with van der Waals surface area (Å²) in [5, 5.41) is 4.61. The SMILES string of the molecule is C[C@@H]([NH2+]CC(=O)Nc1ccc2c(c1)CCC2)c1ccc(F)cc1F. The Morgan fingerprint density at radius 3 is 2.75 bits per heavy atom. The standard InChI is InChI=1S/C19H20F2N2O/c1-12(17-8-6-15(20)10-18(17)21)22-11-19(24)23-16-7-5-13-3-2-4-14(13)9-16/h5-10,12,22H,2-4,11H2,1H3,(H,23,24)/p+1/t12-/m1/s1. The Bertz CT molecular complexity index is 761. The van der Waals surface area contributed by atoms with Crippen LogP contribution in [0.15, 0.2) is 36.4 Å². The molecule has 0 radical (unpaired) electrons. The molecule has 1 amide bonds. The maximum absolute atomic E-state index is 13.7. The lowest BCUT2D eigenvalue weighted by Crippen LogP contribution is -2.86. The average Bonchev–Trinajstić information content (AvgIpc) is 3.00. The summed E-state index contributed by atoms with van der Waals surface area (Å²) in [6.45, 7) is 1.97. The van der Waals surface area contributed by atoms with Crippen molar-refractivity contribution >= 4 is 11.6 Å². The van der Waals surface area contributed by atoms with Gasteiger partial charge in [0.25, 0.3) is 5.91 Å². The van der Waals surface area contributed by atoms with Crippen molar-refractivity contribution in [3.05, 3.63) is 64.7 Å². The van der Waals surface area contributed by atoms with Gasteiger partial charge in [-0.05, 0) is 61.6 Å². The van der Waals surface area contributed by atoms with Crippen LogP contribution in [0.5, 0.6) is 0 Å². The van der Waals surface area contributed by atoms with E-state index in [1.54, 1.807) is 12.2 Å². The molecule has 24 heavy (non-hydrogen) atoms. The number of carbonyl (C=O) groups is 1. The number of amides is 1. The van der Waals surface area contributed by atoms with Gasteiger partial charge in [0.1, 0.15) is 17.7 Å². The molecule has 2 aromatic carbocycles. The molecule has 1 aliphatic rings. The summed E-state index contributed by atoms with van der Waals surface area (Å²) < 4.78 is 26.7. The number of benzene rings is 2. The van der Waals surface area contributed by atoms with Crippen LogP contribution in [0.3, 0.4) is 0 Å². The number of hydrogen-bond donors (Lipinski definition) is 2. The molecular formula is C19H21F2N2O+. The fraction of sp³-hybridized carbons (Fsp3) is 0.316. The first-order valence-electron chi connectivity index (χ1n) is 8.23. The van der Waals surface area contributed by atoms with Gasteiger partial charge in [-0.2, -0.15) is 0 Å². The van der Waals surface area contributed by atoms with Crippen molar-refractivity contribution in [3.8, 4) is 0 Å². The molecule has 0 fully saturated rings. The van der Waals surface area contributed by atoms with Crippen molar-refractivity contribution in [2.45, 2.75) is 32.2 Å². The Kier molecular flexibility index (Phi) is 4.90. The molecule has 1 atom stereocenters. The predicted octanol–water partition coefficient (Wildman–Crippen LogP) is 2.72. The van der Waals surface area contributed by atoms with E-state index < -0.39 is 11.6 Å². The maximum Gasteiger partial charge on any atom is 0.279 e. The van der Waals surface area contributed by atoms with Crippen LogP contribution in [0.2, 0.25) is 0 Å². The van der Waals surface area contributed by atoms with E-state index in [9.17, 15) is 13.6 Å². The molecule has 0 bridgehead atoms. The van der Waals surface area contributed by atoms with Crippen molar-refractivity contribution in [3.63, 3.8) is 0 Å². The predicted molar refractivity (Wildman–Crippen MR) is 88.7 cm³/mol. The summed E-state index contributed by atoms with van der Waals surface area (Å²) in [7, 11) is 0. The zero-order chi connectivity index (χ0) is 17.1. The van der Waals surface area contributed by atoms with E-state index in [-0.39, 0.29) is 18.5 Å². The van der Waals surface area contributed by atoms with Gasteiger partial charge in [-0.1, -0.05) is 6.07 Å². The monoisotopic (exact) mass is 331 g/mol. The molecule has 0 aromatic heterocycles. The highest BCUT2D eigenvalue weighted by Crippen LogP contribution is 2.24. The third-order valence-corrected chi connectivity index (χ3v) is 4.49. The van der Waals surface area contributed by atoms with Gasteiger partial charge >= 0.3 is 0 Å². The molecule has 3 N–H and O–H groups in total. The summed E-state index contributed by atoms with van der Waals surface area (Å²) in [6, 6.07) is 9.27. The van der Waals surface area contributed by atoms with E-state index in [0.717, 1.165) is 24.6 Å². The van der Waals surface area contributed by atoms with Crippen molar-refractivity contribution in [1.29, 1.82) is 0 Å². The molecule has 5 heteroatoms. The Balaban J connectivity index is 1.55. The summed E-state index contributed by atoms with van der Waals surface area (Å²) in [5.74, 6) is -1.32. The Labute approximate surface area is 140 Å². The van der Waals surface area contributed by atoms with Crippen LogP contribution in [0, 0.1) is 11.6 Å². The molecule has 0 saturated heterocycles. The molecule has 3 rings (SSSR count). The third-order valence-electron chi connectivity index (χ3n) is 4.49. The van der Waals surface area contributed by atoms with Crippen molar-refractivity contribution in [1.82, 2.24) is 0 Å². The number of carbonyl (C=O) groups excluding carboxylic acids is 1. The van der Waals surface area contributed by atoms with E-state index >= 15 is 0 Å². The van der Waals surface area contributed by atoms with Gasteiger partial charge in [0, 0.05) is 17.3 Å². The molecule has 0 spiro atoms. The zero-order valence-corrected chi connectivity index (χ0v) is 13.6. The Hall–Kier alpha value is -2.27. The number of anilines is 1. The van der Waals surface area contributed by atoms with E-state index in [0.29, 0.717) is 5.56 Å². The van der Waals surface area contributed by atoms with Gasteiger partial charge in [-0.3, -0.25) is 4.79 Å². The van der Waals surface area contributed by atoms with Crippen LogP contribution in [0.1, 0.15) is 36.1 Å². The second kappa shape index (κ2) is 7.09. The quantitative estimate of drug-likeness (QED) is 0.869. The molecule has 1 aliphatic carbocycles. The minimum Gasteiger partial charge on any atom is -0.332 e. The zero-order valence-electron chi connectivity index (χ0n) is 13.6. The molecule has 3 nitrogen and oxygen atoms in total. The maximum atomic E-state index is 13.7. The van der Waals surface area contributed by atoms with Crippen LogP contribution in [0.4, 0.5) is 14.5 Å². The highest BCUT2D eigenvalue weighted by atomic mass is 19.1. The Morgan fingerprint density at radius 1 is 1.17 bits per heavy atom. The topological polar surface area (TPSA) is 45.7 Å². The molecule has 0 heterocycles. The molecule has 0 aliphatic heterocycles. The minimum atomic E-state index is -0.599. The minimum absolute atomic E-state index is 0.137. The number of aryl methyl sites for hydroxylation is 2. The van der Waals surface area contributed by atoms with Gasteiger partial charge in [0.2, 0.25) is 0 Å². The van der Waals surface area contributed by atoms with E-state index in [1.165, 1.54) is 29.7 Å². The van der Waals surface area contributed by atoms with Crippen LogP contribution in [0.25, 0.3) is 0 Å². The fourth-order valence-electron chi connectivity index (χ4n) is 3.14. The number of hydrogen-bond acceptors (Lipinski definition) is 1. The fourth-order valence-corrected chi connectivity index (χ4v) is 3.14. The van der Waals surface area contributed by atoms with Crippen molar-refractivity contribution in [2.75, 3.05) is 11.9 Å². The first kappa shape index (κ1) is 16.6. The van der Waals surface area contributed by atoms with Gasteiger partial charge < -0.3 is 10.6 Å². The molecule has 0 saturated carbocycles. The number of fused-ring (bicyclic) bond motifs is 1. The lowest BCUT2D eigenvalue weighted by molar-refractivity contribution is -0.682. The summed E-state index contributed by atoms with van der Waals surface area (Å²) in [4.78, 5) is 12.1. The molecule has 126 valence electrons. The number of quaternary nitrogens is 1. The highest BCUT2D eigenvalue weighted by Gasteiger charge is 2.17. The largest absolute Gasteiger partial charge is 0.332 e. The number of halogens is 2. The highest BCUT2D eigenvalue weighted by molar-refractivity contribution is 5.91. The van der Waals surface area contributed by atoms with E-state index in [4.69, 9.17) is 0 Å². The normalized spacial score (nSPS) is 14.3. The van der Waals surface area contributed by atoms with Crippen LogP contribution in [-0.2, 0) is 17.6 Å². The molecule has 2 aromatic rings. The first-order chi connectivity index (χ1) is 11.5. The van der Waals surface area contributed by atoms with Crippen LogP contribution in [-0.4, -0.2) is 12.5 Å². The van der Waals surface area contributed by atoms with Crippen LogP contribution < -0.4 is 10.6 Å². The van der Waals surface area contributed by atoms with Gasteiger partial charge in [0.05, 0.1) is 0 Å². The molecular weight excluding hydrogens is 310 g/mol. The van der Waals surface area contributed by atoms with Gasteiger partial charge in [-0.15, -0.1) is 0 Å². The number of nitrogens with two attached hydrogens (primary N) is 1. The van der Waals surface area contributed by atoms with E-state index in [1.807, 2.05) is 12.1 Å². The van der Waals surface area contributed by atoms with E-state index in [2.05, 4.69) is 11.4 Å². The second-order valence-corrected chi connectivity index (χ2v) is 6.28. The lowest BCUT2D eigenvalue weighted by Gasteiger charge is -2.12. The summed E-state index contributed by atoms with van der Waals surface area (Å²) in [6.07, 6.45) is 3.34. The van der Waals surface area contributed by atoms with Crippen LogP contribution >= 0.6 is 0 Å². The lowest BCUT2D eigenvalue weighted by atomic mass is 10.1. The number of nitrogens with one attached hydrogen (secondary N) is 1. The molecule has 0 unspecified atom stereocenters. The summed E-state index contributed by atoms with van der Waals surface area (Å²) in [5.41, 5.74) is 3.86. The smallest absolute Gasteiger partial charge is 0.279 e. The van der Waals surface area contributed by atoms with Gasteiger partial charge in [-0.25, -0.2) is 8.78 Å². The van der Waals surface area contributed by atoms with Crippen molar-refractivity contribution < 1.29 is 18.9 Å². The van der Waals surface area contributed by atoms with Crippen molar-refractivity contribution in [2.24, 2.45) is 0 Å². The summed E-state index contributed by atoms with van der Waals surface area (Å²) >= 11 is 0.